The van der Waals surface area contributed by atoms with Crippen LogP contribution in [0.4, 0.5) is 0 Å². The second-order valence-corrected chi connectivity index (χ2v) is 4.50. The van der Waals surface area contributed by atoms with Crippen LogP contribution in [0.25, 0.3) is 0 Å². The quantitative estimate of drug-likeness (QED) is 0.543. The van der Waals surface area contributed by atoms with Gasteiger partial charge in [-0.2, -0.15) is 0 Å². The lowest BCUT2D eigenvalue weighted by molar-refractivity contribution is 0.608. The normalized spacial score (nSPS) is 19.2. The molecule has 9 heavy (non-hydrogen) atoms. The van der Waals surface area contributed by atoms with Crippen LogP contribution in [0.3, 0.4) is 0 Å². The van der Waals surface area contributed by atoms with E-state index in [1.165, 1.54) is 12.2 Å². The lowest BCUT2D eigenvalue weighted by Crippen LogP contribution is -2.06. The van der Waals surface area contributed by atoms with Gasteiger partial charge in [0.2, 0.25) is 9.05 Å². The molecule has 1 aliphatic carbocycles. The highest BCUT2D eigenvalue weighted by molar-refractivity contribution is 8.14. The van der Waals surface area contributed by atoms with Crippen LogP contribution < -0.4 is 0 Å². The molecular weight excluding hydrogens is 160 g/mol. The van der Waals surface area contributed by atoms with E-state index in [2.05, 4.69) is 0 Å². The molecule has 0 aromatic heterocycles. The highest BCUT2D eigenvalue weighted by Crippen LogP contribution is 2.13. The van der Waals surface area contributed by atoms with Gasteiger partial charge < -0.3 is 0 Å². The first kappa shape index (κ1) is 6.83. The van der Waals surface area contributed by atoms with Crippen molar-refractivity contribution in [3.63, 3.8) is 0 Å². The molecule has 0 bridgehead atoms. The first-order chi connectivity index (χ1) is 4.11. The van der Waals surface area contributed by atoms with Crippen molar-refractivity contribution in [1.29, 1.82) is 0 Å². The summed E-state index contributed by atoms with van der Waals surface area (Å²) in [4.78, 5) is 0. The van der Waals surface area contributed by atoms with Crippen LogP contribution in [0.5, 0.6) is 0 Å². The summed E-state index contributed by atoms with van der Waals surface area (Å²) in [5, 5.41) is -0.612. The van der Waals surface area contributed by atoms with Crippen molar-refractivity contribution in [2.75, 3.05) is 0 Å². The van der Waals surface area contributed by atoms with Gasteiger partial charge in [-0.05, 0) is 0 Å². The fourth-order valence-corrected chi connectivity index (χ4v) is 1.51. The third-order valence-electron chi connectivity index (χ3n) is 1.04. The molecule has 2 nitrogen and oxygen atoms in total. The van der Waals surface area contributed by atoms with E-state index in [4.69, 9.17) is 10.7 Å². The average Bonchev–Trinajstić information content (AvgIpc) is 2.08. The first-order valence-corrected chi connectivity index (χ1v) is 4.76. The monoisotopic (exact) mass is 164 g/mol. The smallest absolute Gasteiger partial charge is 0.211 e. The summed E-state index contributed by atoms with van der Waals surface area (Å²) in [6.07, 6.45) is 6.37. The van der Waals surface area contributed by atoms with Gasteiger partial charge in [0.1, 0.15) is 5.25 Å². The Hall–Kier alpha value is -0.280. The van der Waals surface area contributed by atoms with E-state index in [0.717, 1.165) is 0 Å². The van der Waals surface area contributed by atoms with Gasteiger partial charge in [0, 0.05) is 10.7 Å². The lowest BCUT2D eigenvalue weighted by Gasteiger charge is -1.95. The standard InChI is InChI=1S/C5H5ClO2S/c6-9(7,8)5-3-1-2-4-5/h1-5H. The van der Waals surface area contributed by atoms with E-state index in [9.17, 15) is 8.42 Å². The molecule has 0 amide bonds. The van der Waals surface area contributed by atoms with Crippen LogP contribution in [0.2, 0.25) is 0 Å². The van der Waals surface area contributed by atoms with E-state index in [0.29, 0.717) is 0 Å². The van der Waals surface area contributed by atoms with E-state index in [1.807, 2.05) is 0 Å². The molecule has 0 N–H and O–H groups in total. The maximum atomic E-state index is 10.5. The second-order valence-electron chi connectivity index (χ2n) is 1.71. The Labute approximate surface area is 58.2 Å². The van der Waals surface area contributed by atoms with Crippen molar-refractivity contribution in [3.8, 4) is 0 Å². The Bertz CT molecular complexity index is 238. The van der Waals surface area contributed by atoms with Crippen LogP contribution in [-0.4, -0.2) is 13.7 Å². The van der Waals surface area contributed by atoms with E-state index in [-0.39, 0.29) is 0 Å². The number of rotatable bonds is 1. The van der Waals surface area contributed by atoms with Gasteiger partial charge >= 0.3 is 0 Å². The first-order valence-electron chi connectivity index (χ1n) is 2.39. The maximum absolute atomic E-state index is 10.5. The third-order valence-corrected chi connectivity index (χ3v) is 2.62. The van der Waals surface area contributed by atoms with Gasteiger partial charge in [-0.1, -0.05) is 24.3 Å². The molecule has 0 aromatic rings. The van der Waals surface area contributed by atoms with Crippen molar-refractivity contribution in [1.82, 2.24) is 0 Å². The zero-order valence-electron chi connectivity index (χ0n) is 4.49. The van der Waals surface area contributed by atoms with Gasteiger partial charge in [-0.3, -0.25) is 0 Å². The number of hydrogen-bond donors (Lipinski definition) is 0. The zero-order chi connectivity index (χ0) is 6.91. The fraction of sp³-hybridized carbons (Fsp3) is 0.200. The summed E-state index contributed by atoms with van der Waals surface area (Å²) in [6, 6.07) is 0. The summed E-state index contributed by atoms with van der Waals surface area (Å²) < 4.78 is 21.0. The molecule has 0 aromatic carbocycles. The number of hydrogen-bond acceptors (Lipinski definition) is 2. The highest BCUT2D eigenvalue weighted by Gasteiger charge is 2.17. The Balaban J connectivity index is 2.90. The minimum atomic E-state index is -3.40. The van der Waals surface area contributed by atoms with Gasteiger partial charge in [0.05, 0.1) is 0 Å². The molecule has 0 fully saturated rings. The Morgan fingerprint density at radius 1 is 1.22 bits per heavy atom. The fourth-order valence-electron chi connectivity index (χ4n) is 0.599. The molecule has 0 unspecified atom stereocenters. The molecule has 1 rings (SSSR count). The average molecular weight is 165 g/mol. The predicted molar refractivity (Wildman–Crippen MR) is 36.8 cm³/mol. The lowest BCUT2D eigenvalue weighted by atomic mass is 10.5. The maximum Gasteiger partial charge on any atom is 0.242 e. The summed E-state index contributed by atoms with van der Waals surface area (Å²) in [5.74, 6) is 0. The van der Waals surface area contributed by atoms with Crippen LogP contribution in [0, 0.1) is 0 Å². The minimum Gasteiger partial charge on any atom is -0.211 e. The highest BCUT2D eigenvalue weighted by atomic mass is 35.7. The molecule has 0 heterocycles. The molecule has 0 aliphatic heterocycles. The summed E-state index contributed by atoms with van der Waals surface area (Å²) in [7, 11) is 1.61. The Morgan fingerprint density at radius 3 is 1.89 bits per heavy atom. The number of allylic oxidation sites excluding steroid dienone is 2. The van der Waals surface area contributed by atoms with Gasteiger partial charge in [0.25, 0.3) is 0 Å². The van der Waals surface area contributed by atoms with Gasteiger partial charge in [-0.15, -0.1) is 0 Å². The van der Waals surface area contributed by atoms with Crippen LogP contribution in [0.15, 0.2) is 24.3 Å². The molecular formula is C5H5ClO2S. The summed E-state index contributed by atoms with van der Waals surface area (Å²) in [6.45, 7) is 0. The topological polar surface area (TPSA) is 34.1 Å². The third kappa shape index (κ3) is 1.56. The van der Waals surface area contributed by atoms with E-state index >= 15 is 0 Å². The SMILES string of the molecule is O=S(=O)(Cl)C1C=CC=C1. The Morgan fingerprint density at radius 2 is 1.67 bits per heavy atom. The van der Waals surface area contributed by atoms with Crippen LogP contribution in [0.1, 0.15) is 0 Å². The Kier molecular flexibility index (Phi) is 1.64. The van der Waals surface area contributed by atoms with Crippen LogP contribution >= 0.6 is 10.7 Å². The molecule has 50 valence electrons. The largest absolute Gasteiger partial charge is 0.242 e. The number of halogens is 1. The second kappa shape index (κ2) is 2.15. The van der Waals surface area contributed by atoms with Crippen molar-refractivity contribution < 1.29 is 8.42 Å². The molecule has 0 radical (unpaired) electrons. The molecule has 1 aliphatic rings. The molecule has 0 atom stereocenters. The predicted octanol–water partition coefficient (Wildman–Crippen LogP) is 1.05. The summed E-state index contributed by atoms with van der Waals surface area (Å²) in [5.41, 5.74) is 0. The molecule has 4 heteroatoms. The van der Waals surface area contributed by atoms with Crippen molar-refractivity contribution in [2.24, 2.45) is 0 Å². The van der Waals surface area contributed by atoms with Crippen molar-refractivity contribution in [3.05, 3.63) is 24.3 Å². The molecule has 0 saturated heterocycles. The van der Waals surface area contributed by atoms with Crippen molar-refractivity contribution in [2.45, 2.75) is 5.25 Å². The van der Waals surface area contributed by atoms with Gasteiger partial charge in [-0.25, -0.2) is 8.42 Å². The summed E-state index contributed by atoms with van der Waals surface area (Å²) >= 11 is 0. The zero-order valence-corrected chi connectivity index (χ0v) is 6.06. The molecule has 0 spiro atoms. The minimum absolute atomic E-state index is 0.612. The van der Waals surface area contributed by atoms with E-state index < -0.39 is 14.3 Å². The van der Waals surface area contributed by atoms with Gasteiger partial charge in [0.15, 0.2) is 0 Å². The van der Waals surface area contributed by atoms with E-state index in [1.54, 1.807) is 12.2 Å². The molecule has 0 saturated carbocycles. The van der Waals surface area contributed by atoms with Crippen LogP contribution in [-0.2, 0) is 9.05 Å². The van der Waals surface area contributed by atoms with Crippen molar-refractivity contribution >= 4 is 19.7 Å².